The van der Waals surface area contributed by atoms with Crippen molar-refractivity contribution >= 4 is 56.9 Å². The summed E-state index contributed by atoms with van der Waals surface area (Å²) in [6.45, 7) is -0.607. The van der Waals surface area contributed by atoms with Crippen molar-refractivity contribution in [2.24, 2.45) is 0 Å². The lowest BCUT2D eigenvalue weighted by Gasteiger charge is -2.13. The summed E-state index contributed by atoms with van der Waals surface area (Å²) in [7, 11) is 0. The highest BCUT2D eigenvalue weighted by atomic mass is 16.6. The van der Waals surface area contributed by atoms with Gasteiger partial charge in [-0.3, -0.25) is 24.5 Å². The summed E-state index contributed by atoms with van der Waals surface area (Å²) in [5, 5.41) is 12.5. The molecule has 2 heterocycles. The van der Waals surface area contributed by atoms with Crippen molar-refractivity contribution in [1.82, 2.24) is 0 Å². The van der Waals surface area contributed by atoms with Gasteiger partial charge in [0.05, 0.1) is 27.3 Å². The van der Waals surface area contributed by atoms with Crippen LogP contribution in [0.1, 0.15) is 41.4 Å². The molecule has 0 atom stereocenters. The molecular weight excluding hydrogens is 504 g/mol. The van der Waals surface area contributed by atoms with Crippen LogP contribution < -0.4 is 4.90 Å². The second-order valence-electron chi connectivity index (χ2n) is 8.79. The number of para-hydroxylation sites is 1. The molecule has 0 aliphatic carbocycles. The highest BCUT2D eigenvalue weighted by Gasteiger charge is 2.37. The molecule has 39 heavy (non-hydrogen) atoms. The van der Waals surface area contributed by atoms with E-state index in [2.05, 4.69) is 0 Å². The first-order chi connectivity index (χ1) is 18.8. The minimum atomic E-state index is -0.865. The van der Waals surface area contributed by atoms with Gasteiger partial charge in [0.1, 0.15) is 11.2 Å². The summed E-state index contributed by atoms with van der Waals surface area (Å²) in [4.78, 5) is 62.5. The molecule has 10 heteroatoms. The van der Waals surface area contributed by atoms with Gasteiger partial charge in [-0.1, -0.05) is 18.2 Å². The zero-order chi connectivity index (χ0) is 27.3. The molecule has 0 unspecified atom stereocenters. The van der Waals surface area contributed by atoms with E-state index in [4.69, 9.17) is 9.15 Å². The van der Waals surface area contributed by atoms with Crippen LogP contribution in [-0.2, 0) is 4.74 Å². The number of ether oxygens (including phenoxy) is 1. The van der Waals surface area contributed by atoms with Gasteiger partial charge in [-0.05, 0) is 48.5 Å². The van der Waals surface area contributed by atoms with Gasteiger partial charge in [-0.15, -0.1) is 0 Å². The largest absolute Gasteiger partial charge is 0.456 e. The second kappa shape index (κ2) is 9.03. The fraction of sp³-hybridized carbons (Fsp3) is 0.0345. The SMILES string of the molecule is O=C(COC(=O)c1ccc2c(c1)C(=O)N(c1ccc3c(c1)oc1ccccc13)C2=O)c1ccc([N+](=O)[O-])cc1. The average Bonchev–Trinajstić information content (AvgIpc) is 3.44. The number of rotatable bonds is 6. The number of Topliss-reactive ketones (excluding diaryl/α,β-unsaturated/α-hetero) is 1. The molecule has 0 N–H and O–H groups in total. The van der Waals surface area contributed by atoms with E-state index in [0.29, 0.717) is 16.9 Å². The van der Waals surface area contributed by atoms with E-state index < -0.39 is 35.1 Å². The van der Waals surface area contributed by atoms with Crippen LogP contribution in [0.15, 0.2) is 89.3 Å². The highest BCUT2D eigenvalue weighted by molar-refractivity contribution is 6.35. The smallest absolute Gasteiger partial charge is 0.338 e. The first-order valence-corrected chi connectivity index (χ1v) is 11.7. The van der Waals surface area contributed by atoms with Crippen LogP contribution in [0.25, 0.3) is 21.9 Å². The number of fused-ring (bicyclic) bond motifs is 4. The molecular formula is C29H16N2O8. The molecule has 1 aromatic heterocycles. The van der Waals surface area contributed by atoms with Gasteiger partial charge < -0.3 is 9.15 Å². The Balaban J connectivity index is 1.20. The Bertz CT molecular complexity index is 1870. The number of furan rings is 1. The summed E-state index contributed by atoms with van der Waals surface area (Å²) >= 11 is 0. The number of esters is 1. The summed E-state index contributed by atoms with van der Waals surface area (Å²) in [5.41, 5.74) is 1.64. The van der Waals surface area contributed by atoms with Gasteiger partial charge in [-0.25, -0.2) is 9.69 Å². The van der Waals surface area contributed by atoms with E-state index in [1.54, 1.807) is 18.2 Å². The number of nitro benzene ring substituents is 1. The van der Waals surface area contributed by atoms with Gasteiger partial charge in [-0.2, -0.15) is 0 Å². The topological polar surface area (TPSA) is 137 Å². The number of anilines is 1. The maximum absolute atomic E-state index is 13.2. The molecule has 0 bridgehead atoms. The molecule has 5 aromatic rings. The number of carbonyl (C=O) groups is 4. The lowest BCUT2D eigenvalue weighted by molar-refractivity contribution is -0.384. The van der Waals surface area contributed by atoms with Gasteiger partial charge in [0.25, 0.3) is 17.5 Å². The molecule has 10 nitrogen and oxygen atoms in total. The second-order valence-corrected chi connectivity index (χ2v) is 8.79. The fourth-order valence-corrected chi connectivity index (χ4v) is 4.52. The maximum atomic E-state index is 13.2. The van der Waals surface area contributed by atoms with E-state index in [-0.39, 0.29) is 27.9 Å². The number of benzene rings is 4. The van der Waals surface area contributed by atoms with Crippen molar-refractivity contribution in [1.29, 1.82) is 0 Å². The number of non-ortho nitro benzene ring substituents is 1. The molecule has 6 rings (SSSR count). The average molecular weight is 520 g/mol. The van der Waals surface area contributed by atoms with Crippen molar-refractivity contribution in [3.8, 4) is 0 Å². The predicted molar refractivity (Wildman–Crippen MR) is 139 cm³/mol. The van der Waals surface area contributed by atoms with Crippen LogP contribution in [0, 0.1) is 10.1 Å². The molecule has 4 aromatic carbocycles. The van der Waals surface area contributed by atoms with Gasteiger partial charge >= 0.3 is 5.97 Å². The maximum Gasteiger partial charge on any atom is 0.338 e. The van der Waals surface area contributed by atoms with Crippen LogP contribution in [0.3, 0.4) is 0 Å². The van der Waals surface area contributed by atoms with Gasteiger partial charge in [0.15, 0.2) is 12.4 Å². The number of carbonyl (C=O) groups excluding carboxylic acids is 4. The summed E-state index contributed by atoms with van der Waals surface area (Å²) in [6, 6.07) is 21.4. The van der Waals surface area contributed by atoms with Gasteiger partial charge in [0, 0.05) is 34.5 Å². The number of hydrogen-bond donors (Lipinski definition) is 0. The Kier molecular flexibility index (Phi) is 5.50. The summed E-state index contributed by atoms with van der Waals surface area (Å²) < 4.78 is 11.0. The number of nitro groups is 1. The Labute approximate surface area is 219 Å². The first kappa shape index (κ1) is 23.7. The standard InChI is InChI=1S/C29H16N2O8/c32-24(16-5-8-18(9-6-16)31(36)37)15-38-29(35)17-7-11-22-23(13-17)28(34)30(27(22)33)19-10-12-21-20-3-1-2-4-25(20)39-26(21)14-19/h1-14H,15H2. The quantitative estimate of drug-likeness (QED) is 0.0962. The molecule has 1 aliphatic rings. The van der Waals surface area contributed by atoms with E-state index in [0.717, 1.165) is 15.7 Å². The van der Waals surface area contributed by atoms with Crippen molar-refractivity contribution < 1.29 is 33.3 Å². The summed E-state index contributed by atoms with van der Waals surface area (Å²) in [6.07, 6.45) is 0. The van der Waals surface area contributed by atoms with Crippen molar-refractivity contribution in [2.75, 3.05) is 11.5 Å². The monoisotopic (exact) mass is 520 g/mol. The molecule has 0 spiro atoms. The Morgan fingerprint density at radius 3 is 2.26 bits per heavy atom. The summed E-state index contributed by atoms with van der Waals surface area (Å²) in [5.74, 6) is -2.57. The highest BCUT2D eigenvalue weighted by Crippen LogP contribution is 2.35. The Hall–Kier alpha value is -5.64. The Morgan fingerprint density at radius 1 is 0.795 bits per heavy atom. The third kappa shape index (κ3) is 4.00. The van der Waals surface area contributed by atoms with Crippen molar-refractivity contribution in [2.45, 2.75) is 0 Å². The van der Waals surface area contributed by atoms with E-state index >= 15 is 0 Å². The number of imide groups is 1. The Morgan fingerprint density at radius 2 is 1.49 bits per heavy atom. The predicted octanol–water partition coefficient (Wildman–Crippen LogP) is 5.33. The molecule has 0 saturated heterocycles. The van der Waals surface area contributed by atoms with Crippen LogP contribution in [0.2, 0.25) is 0 Å². The third-order valence-electron chi connectivity index (χ3n) is 6.48. The molecule has 1 aliphatic heterocycles. The van der Waals surface area contributed by atoms with Gasteiger partial charge in [0.2, 0.25) is 0 Å². The van der Waals surface area contributed by atoms with Crippen LogP contribution in [0.5, 0.6) is 0 Å². The fourth-order valence-electron chi connectivity index (χ4n) is 4.52. The molecule has 0 saturated carbocycles. The van der Waals surface area contributed by atoms with Crippen LogP contribution in [0.4, 0.5) is 11.4 Å². The van der Waals surface area contributed by atoms with Crippen LogP contribution in [-0.4, -0.2) is 35.1 Å². The molecule has 0 fully saturated rings. The zero-order valence-electron chi connectivity index (χ0n) is 20.0. The third-order valence-corrected chi connectivity index (χ3v) is 6.48. The zero-order valence-corrected chi connectivity index (χ0v) is 20.0. The lowest BCUT2D eigenvalue weighted by atomic mass is 10.1. The van der Waals surface area contributed by atoms with Crippen LogP contribution >= 0.6 is 0 Å². The minimum absolute atomic E-state index is 0.0130. The van der Waals surface area contributed by atoms with Crippen molar-refractivity contribution in [3.63, 3.8) is 0 Å². The van der Waals surface area contributed by atoms with E-state index in [1.165, 1.54) is 42.5 Å². The molecule has 190 valence electrons. The van der Waals surface area contributed by atoms with E-state index in [1.807, 2.05) is 24.3 Å². The first-order valence-electron chi connectivity index (χ1n) is 11.7. The lowest BCUT2D eigenvalue weighted by Crippen LogP contribution is -2.29. The number of hydrogen-bond acceptors (Lipinski definition) is 8. The number of ketones is 1. The minimum Gasteiger partial charge on any atom is -0.456 e. The molecule has 2 amide bonds. The normalized spacial score (nSPS) is 12.7. The van der Waals surface area contributed by atoms with Crippen molar-refractivity contribution in [3.05, 3.63) is 117 Å². The molecule has 0 radical (unpaired) electrons. The van der Waals surface area contributed by atoms with E-state index in [9.17, 15) is 29.3 Å². The number of amides is 2. The number of nitrogens with zero attached hydrogens (tertiary/aromatic N) is 2.